The first-order chi connectivity index (χ1) is 8.10. The van der Waals surface area contributed by atoms with Crippen molar-refractivity contribution in [2.75, 3.05) is 18.6 Å². The molecular weight excluding hydrogens is 216 g/mol. The Morgan fingerprint density at radius 2 is 2.35 bits per heavy atom. The summed E-state index contributed by atoms with van der Waals surface area (Å²) in [7, 11) is 1.81. The third kappa shape index (κ3) is 3.23. The molecule has 1 atom stereocenters. The normalized spacial score (nSPS) is 11.6. The van der Waals surface area contributed by atoms with Crippen LogP contribution in [-0.4, -0.2) is 25.8 Å². The van der Waals surface area contributed by atoms with Crippen LogP contribution in [0.2, 0.25) is 0 Å². The smallest absolute Gasteiger partial charge is 0.248 e. The minimum Gasteiger partial charge on any atom is -0.366 e. The minimum absolute atomic E-state index is 0.446. The first-order valence-corrected chi connectivity index (χ1v) is 5.30. The first kappa shape index (κ1) is 13.1. The molecule has 0 aliphatic heterocycles. The monoisotopic (exact) mass is 232 g/mol. The molecule has 0 saturated heterocycles. The molecule has 0 radical (unpaired) electrons. The quantitative estimate of drug-likeness (QED) is 0.613. The molecule has 0 aromatic heterocycles. The first-order valence-electron chi connectivity index (χ1n) is 5.30. The zero-order valence-electron chi connectivity index (χ0n) is 10.0. The largest absolute Gasteiger partial charge is 0.366 e. The SMILES string of the molecule is C#CC(OCC)N(C)c1cccc(C(N)=O)c1. The summed E-state index contributed by atoms with van der Waals surface area (Å²) in [6, 6.07) is 6.94. The molecule has 2 N–H and O–H groups in total. The van der Waals surface area contributed by atoms with Crippen molar-refractivity contribution in [2.24, 2.45) is 5.73 Å². The lowest BCUT2D eigenvalue weighted by Gasteiger charge is -2.25. The van der Waals surface area contributed by atoms with E-state index in [0.717, 1.165) is 5.69 Å². The van der Waals surface area contributed by atoms with Crippen LogP contribution in [0.1, 0.15) is 17.3 Å². The van der Waals surface area contributed by atoms with E-state index in [1.54, 1.807) is 30.1 Å². The highest BCUT2D eigenvalue weighted by Crippen LogP contribution is 2.17. The lowest BCUT2D eigenvalue weighted by Crippen LogP contribution is -2.33. The van der Waals surface area contributed by atoms with Crippen LogP contribution in [0.4, 0.5) is 5.69 Å². The lowest BCUT2D eigenvalue weighted by atomic mass is 10.2. The molecular formula is C13H16N2O2. The molecule has 0 aliphatic carbocycles. The van der Waals surface area contributed by atoms with E-state index in [1.165, 1.54) is 0 Å². The van der Waals surface area contributed by atoms with Crippen molar-refractivity contribution in [2.45, 2.75) is 13.2 Å². The molecule has 90 valence electrons. The molecule has 0 aliphatic rings. The van der Waals surface area contributed by atoms with Gasteiger partial charge in [0.15, 0.2) is 6.23 Å². The van der Waals surface area contributed by atoms with Crippen molar-refractivity contribution in [3.8, 4) is 12.3 Å². The Morgan fingerprint density at radius 1 is 1.65 bits per heavy atom. The maximum absolute atomic E-state index is 11.1. The molecule has 1 aromatic rings. The Balaban J connectivity index is 2.95. The highest BCUT2D eigenvalue weighted by molar-refractivity contribution is 5.93. The standard InChI is InChI=1S/C13H16N2O2/c1-4-12(17-5-2)15(3)11-8-6-7-10(9-11)13(14)16/h1,6-9,12H,5H2,2-3H3,(H2,14,16). The number of terminal acetylenes is 1. The summed E-state index contributed by atoms with van der Waals surface area (Å²) in [5.41, 5.74) is 6.46. The van der Waals surface area contributed by atoms with Gasteiger partial charge >= 0.3 is 0 Å². The maximum Gasteiger partial charge on any atom is 0.248 e. The molecule has 0 saturated carbocycles. The number of amides is 1. The van der Waals surface area contributed by atoms with Crippen LogP contribution in [0.5, 0.6) is 0 Å². The maximum atomic E-state index is 11.1. The fourth-order valence-electron chi connectivity index (χ4n) is 1.44. The van der Waals surface area contributed by atoms with Crippen LogP contribution in [0.25, 0.3) is 0 Å². The number of hydrogen-bond donors (Lipinski definition) is 1. The Hall–Kier alpha value is -1.99. The average molecular weight is 232 g/mol. The predicted molar refractivity (Wildman–Crippen MR) is 67.6 cm³/mol. The van der Waals surface area contributed by atoms with Crippen LogP contribution in [0.3, 0.4) is 0 Å². The van der Waals surface area contributed by atoms with Gasteiger partial charge < -0.3 is 15.4 Å². The number of anilines is 1. The van der Waals surface area contributed by atoms with E-state index in [0.29, 0.717) is 12.2 Å². The zero-order valence-corrected chi connectivity index (χ0v) is 10.0. The number of primary amides is 1. The number of nitrogens with two attached hydrogens (primary N) is 1. The summed E-state index contributed by atoms with van der Waals surface area (Å²) in [5, 5.41) is 0. The summed E-state index contributed by atoms with van der Waals surface area (Å²) in [5.74, 6) is 2.07. The fraction of sp³-hybridized carbons (Fsp3) is 0.308. The molecule has 1 amide bonds. The van der Waals surface area contributed by atoms with Gasteiger partial charge in [0.1, 0.15) is 0 Å². The van der Waals surface area contributed by atoms with E-state index < -0.39 is 12.1 Å². The van der Waals surface area contributed by atoms with Crippen LogP contribution in [-0.2, 0) is 4.74 Å². The van der Waals surface area contributed by atoms with Crippen LogP contribution in [0, 0.1) is 12.3 Å². The second-order valence-electron chi connectivity index (χ2n) is 3.50. The van der Waals surface area contributed by atoms with Gasteiger partial charge in [0.2, 0.25) is 5.91 Å². The van der Waals surface area contributed by atoms with Crippen molar-refractivity contribution >= 4 is 11.6 Å². The number of hydrogen-bond acceptors (Lipinski definition) is 3. The van der Waals surface area contributed by atoms with Crippen LogP contribution in [0.15, 0.2) is 24.3 Å². The molecule has 0 bridgehead atoms. The Kier molecular flexibility index (Phi) is 4.56. The van der Waals surface area contributed by atoms with E-state index in [4.69, 9.17) is 16.9 Å². The molecule has 1 unspecified atom stereocenters. The number of carbonyl (C=O) groups is 1. The topological polar surface area (TPSA) is 55.6 Å². The Morgan fingerprint density at radius 3 is 2.88 bits per heavy atom. The van der Waals surface area contributed by atoms with Crippen LogP contribution >= 0.6 is 0 Å². The third-order valence-electron chi connectivity index (χ3n) is 2.36. The fourth-order valence-corrected chi connectivity index (χ4v) is 1.44. The molecule has 1 aromatic carbocycles. The van der Waals surface area contributed by atoms with E-state index >= 15 is 0 Å². The van der Waals surface area contributed by atoms with Gasteiger partial charge in [-0.25, -0.2) is 0 Å². The van der Waals surface area contributed by atoms with Gasteiger partial charge in [0.25, 0.3) is 0 Å². The van der Waals surface area contributed by atoms with Gasteiger partial charge in [0, 0.05) is 24.9 Å². The van der Waals surface area contributed by atoms with Crippen LogP contribution < -0.4 is 10.6 Å². The van der Waals surface area contributed by atoms with Gasteiger partial charge in [0.05, 0.1) is 0 Å². The highest BCUT2D eigenvalue weighted by Gasteiger charge is 2.13. The van der Waals surface area contributed by atoms with E-state index in [1.807, 2.05) is 13.0 Å². The van der Waals surface area contributed by atoms with E-state index in [-0.39, 0.29) is 0 Å². The van der Waals surface area contributed by atoms with Gasteiger partial charge in [-0.15, -0.1) is 6.42 Å². The van der Waals surface area contributed by atoms with E-state index in [2.05, 4.69) is 5.92 Å². The van der Waals surface area contributed by atoms with Crippen molar-refractivity contribution in [1.82, 2.24) is 0 Å². The average Bonchev–Trinajstić information content (AvgIpc) is 2.35. The second-order valence-corrected chi connectivity index (χ2v) is 3.50. The predicted octanol–water partition coefficient (Wildman–Crippen LogP) is 1.22. The zero-order chi connectivity index (χ0) is 12.8. The van der Waals surface area contributed by atoms with Crippen molar-refractivity contribution in [3.05, 3.63) is 29.8 Å². The molecule has 0 fully saturated rings. The molecule has 1 rings (SSSR count). The molecule has 0 spiro atoms. The summed E-state index contributed by atoms with van der Waals surface area (Å²) in [4.78, 5) is 12.8. The Labute approximate surface area is 101 Å². The van der Waals surface area contributed by atoms with Gasteiger partial charge in [-0.2, -0.15) is 0 Å². The summed E-state index contributed by atoms with van der Waals surface area (Å²) < 4.78 is 5.38. The molecule has 0 heterocycles. The van der Waals surface area contributed by atoms with E-state index in [9.17, 15) is 4.79 Å². The van der Waals surface area contributed by atoms with Crippen molar-refractivity contribution in [3.63, 3.8) is 0 Å². The molecule has 4 heteroatoms. The summed E-state index contributed by atoms with van der Waals surface area (Å²) in [6.45, 7) is 2.40. The Bertz CT molecular complexity index is 437. The van der Waals surface area contributed by atoms with Gasteiger partial charge in [-0.05, 0) is 25.1 Å². The molecule has 17 heavy (non-hydrogen) atoms. The van der Waals surface area contributed by atoms with Crippen molar-refractivity contribution < 1.29 is 9.53 Å². The number of carbonyl (C=O) groups excluding carboxylic acids is 1. The lowest BCUT2D eigenvalue weighted by molar-refractivity contribution is 0.0997. The number of nitrogens with zero attached hydrogens (tertiary/aromatic N) is 1. The van der Waals surface area contributed by atoms with Gasteiger partial charge in [-0.1, -0.05) is 12.0 Å². The second kappa shape index (κ2) is 5.92. The minimum atomic E-state index is -0.464. The van der Waals surface area contributed by atoms with Gasteiger partial charge in [-0.3, -0.25) is 4.79 Å². The number of ether oxygens (including phenoxy) is 1. The number of rotatable bonds is 5. The number of benzene rings is 1. The van der Waals surface area contributed by atoms with Crippen molar-refractivity contribution in [1.29, 1.82) is 0 Å². The summed E-state index contributed by atoms with van der Waals surface area (Å²) in [6.07, 6.45) is 4.93. The molecule has 4 nitrogen and oxygen atoms in total. The third-order valence-corrected chi connectivity index (χ3v) is 2.36. The summed E-state index contributed by atoms with van der Waals surface area (Å²) >= 11 is 0. The highest BCUT2D eigenvalue weighted by atomic mass is 16.5.